The number of carboxylic acid groups (broad SMARTS) is 1. The van der Waals surface area contributed by atoms with Crippen molar-refractivity contribution in [2.75, 3.05) is 19.8 Å². The summed E-state index contributed by atoms with van der Waals surface area (Å²) in [5, 5.41) is 64.3. The van der Waals surface area contributed by atoms with Crippen LogP contribution < -0.4 is 43.0 Å². The Morgan fingerprint density at radius 2 is 1.27 bits per heavy atom. The lowest BCUT2D eigenvalue weighted by atomic mass is 10.0. The summed E-state index contributed by atoms with van der Waals surface area (Å²) < 4.78 is 0. The van der Waals surface area contributed by atoms with Crippen LogP contribution in [0.2, 0.25) is 0 Å². The number of nitrogens with zero attached hydrogens (tertiary/aromatic N) is 1. The van der Waals surface area contributed by atoms with Crippen molar-refractivity contribution in [1.29, 1.82) is 0 Å². The van der Waals surface area contributed by atoms with Gasteiger partial charge in [-0.15, -0.1) is 0 Å². The third kappa shape index (κ3) is 16.7. The molecule has 2 aromatic rings. The molecule has 326 valence electrons. The summed E-state index contributed by atoms with van der Waals surface area (Å²) in [5.41, 5.74) is 6.91. The van der Waals surface area contributed by atoms with Gasteiger partial charge in [-0.1, -0.05) is 26.0 Å². The molecule has 1 heterocycles. The van der Waals surface area contributed by atoms with Gasteiger partial charge in [0.25, 0.3) is 0 Å². The number of hydrogen-bond acceptors (Lipinski definition) is 14. The highest BCUT2D eigenvalue weighted by molar-refractivity contribution is 5.97. The minimum absolute atomic E-state index is 0.0243. The summed E-state index contributed by atoms with van der Waals surface area (Å²) in [4.78, 5) is 109. The Morgan fingerprint density at radius 1 is 0.712 bits per heavy atom. The van der Waals surface area contributed by atoms with Crippen LogP contribution >= 0.6 is 0 Å². The van der Waals surface area contributed by atoms with E-state index >= 15 is 0 Å². The minimum atomic E-state index is -1.74. The molecule has 59 heavy (non-hydrogen) atoms. The number of aliphatic hydroxyl groups excluding tert-OH is 3. The molecule has 0 aliphatic rings. The first-order valence-corrected chi connectivity index (χ1v) is 18.5. The molecule has 0 aliphatic heterocycles. The molecule has 0 saturated heterocycles. The van der Waals surface area contributed by atoms with Crippen LogP contribution in [0.25, 0.3) is 0 Å². The second-order valence-electron chi connectivity index (χ2n) is 14.1. The van der Waals surface area contributed by atoms with Crippen LogP contribution in [0.4, 0.5) is 0 Å². The first kappa shape index (κ1) is 49.0. The summed E-state index contributed by atoms with van der Waals surface area (Å²) in [6, 6.07) is -4.20. The average Bonchev–Trinajstić information content (AvgIpc) is 3.69. The standard InChI is InChI=1S/C36H54N10O13/c1-17(2)9-24(32(54)41-18(3)30(52)45-27(15-48)36(58)59)42-33(55)25(11-21-12-38-16-40-21)43-34(56)26(14-47)44-35(57)29(19(4)49)46-28(51)13-39-31(53)23(37)10-20-5-7-22(50)8-6-20/h5-8,12,16-19,23-27,29,47-50H,9-11,13-15,37H2,1-4H3,(H,38,40)(H,39,53)(H,41,54)(H,42,55)(H,43,56)(H,44,57)(H,45,52)(H,46,51)(H,58,59)/t18-,19+,23-,24-,25-,26-,27-,29-/m0/s1. The molecule has 8 atom stereocenters. The number of nitrogens with one attached hydrogen (secondary N) is 8. The molecular weight excluding hydrogens is 780 g/mol. The normalized spacial score (nSPS) is 15.1. The fourth-order valence-electron chi connectivity index (χ4n) is 5.30. The third-order valence-electron chi connectivity index (χ3n) is 8.55. The molecule has 0 radical (unpaired) electrons. The molecule has 1 aromatic carbocycles. The van der Waals surface area contributed by atoms with Crippen LogP contribution in [-0.4, -0.2) is 151 Å². The Morgan fingerprint density at radius 3 is 1.81 bits per heavy atom. The highest BCUT2D eigenvalue weighted by Gasteiger charge is 2.34. The Hall–Kier alpha value is -6.17. The topological polar surface area (TPSA) is 377 Å². The van der Waals surface area contributed by atoms with E-state index in [9.17, 15) is 58.8 Å². The summed E-state index contributed by atoms with van der Waals surface area (Å²) in [7, 11) is 0. The highest BCUT2D eigenvalue weighted by atomic mass is 16.4. The number of H-pyrrole nitrogens is 1. The molecule has 2 rings (SSSR count). The Labute approximate surface area is 338 Å². The molecule has 0 aliphatic carbocycles. The number of carboxylic acids is 1. The summed E-state index contributed by atoms with van der Waals surface area (Å²) in [6.45, 7) is 3.34. The van der Waals surface area contributed by atoms with E-state index < -0.39 is 115 Å². The van der Waals surface area contributed by atoms with E-state index in [2.05, 4.69) is 47.2 Å². The predicted octanol–water partition coefficient (Wildman–Crippen LogP) is -5.23. The van der Waals surface area contributed by atoms with Crippen molar-refractivity contribution in [3.05, 3.63) is 48.0 Å². The fourth-order valence-corrected chi connectivity index (χ4v) is 5.30. The van der Waals surface area contributed by atoms with E-state index in [0.717, 1.165) is 6.92 Å². The van der Waals surface area contributed by atoms with Crippen LogP contribution in [0.5, 0.6) is 5.75 Å². The van der Waals surface area contributed by atoms with Crippen LogP contribution in [0, 0.1) is 5.92 Å². The number of phenolic OH excluding ortho intramolecular Hbond substituents is 1. The zero-order valence-corrected chi connectivity index (χ0v) is 32.9. The zero-order valence-electron chi connectivity index (χ0n) is 32.9. The lowest BCUT2D eigenvalue weighted by Gasteiger charge is -2.27. The van der Waals surface area contributed by atoms with Crippen LogP contribution in [0.1, 0.15) is 45.4 Å². The number of benzene rings is 1. The van der Waals surface area contributed by atoms with Gasteiger partial charge in [0.15, 0.2) is 0 Å². The van der Waals surface area contributed by atoms with E-state index in [1.54, 1.807) is 26.0 Å². The SMILES string of the molecule is CC(C)C[C@H](NC(=O)[C@H](Cc1cnc[nH]1)NC(=O)[C@H](CO)NC(=O)[C@@H](NC(=O)CNC(=O)[C@@H](N)Cc1ccc(O)cc1)[C@@H](C)O)C(=O)N[C@@H](C)C(=O)N[C@@H](CO)C(=O)O. The number of nitrogens with two attached hydrogens (primary N) is 1. The van der Waals surface area contributed by atoms with Crippen molar-refractivity contribution in [2.24, 2.45) is 11.7 Å². The van der Waals surface area contributed by atoms with E-state index in [-0.39, 0.29) is 30.9 Å². The number of carbonyl (C=O) groups is 8. The van der Waals surface area contributed by atoms with Crippen molar-refractivity contribution in [3.8, 4) is 5.75 Å². The molecule has 23 nitrogen and oxygen atoms in total. The highest BCUT2D eigenvalue weighted by Crippen LogP contribution is 2.11. The molecular formula is C36H54N10O13. The van der Waals surface area contributed by atoms with Gasteiger partial charge in [-0.25, -0.2) is 9.78 Å². The predicted molar refractivity (Wildman–Crippen MR) is 205 cm³/mol. The molecule has 0 spiro atoms. The molecule has 15 N–H and O–H groups in total. The van der Waals surface area contributed by atoms with Gasteiger partial charge in [-0.2, -0.15) is 0 Å². The monoisotopic (exact) mass is 834 g/mol. The van der Waals surface area contributed by atoms with Crippen molar-refractivity contribution in [1.82, 2.24) is 47.2 Å². The maximum absolute atomic E-state index is 13.7. The number of imidazole rings is 1. The number of aliphatic hydroxyl groups is 3. The van der Waals surface area contributed by atoms with Gasteiger partial charge in [0.05, 0.1) is 38.2 Å². The second kappa shape index (κ2) is 23.9. The number of hydrogen-bond donors (Lipinski definition) is 14. The van der Waals surface area contributed by atoms with Gasteiger partial charge in [0.1, 0.15) is 42.0 Å². The van der Waals surface area contributed by atoms with Gasteiger partial charge >= 0.3 is 5.97 Å². The largest absolute Gasteiger partial charge is 0.508 e. The van der Waals surface area contributed by atoms with Crippen LogP contribution in [0.3, 0.4) is 0 Å². The van der Waals surface area contributed by atoms with Crippen molar-refractivity contribution < 1.29 is 63.9 Å². The van der Waals surface area contributed by atoms with Gasteiger partial charge in [0.2, 0.25) is 41.4 Å². The number of phenols is 1. The van der Waals surface area contributed by atoms with E-state index in [4.69, 9.17) is 10.8 Å². The first-order chi connectivity index (χ1) is 27.7. The van der Waals surface area contributed by atoms with Gasteiger partial charge < -0.3 is 73.5 Å². The minimum Gasteiger partial charge on any atom is -0.508 e. The number of aliphatic carboxylic acids is 1. The van der Waals surface area contributed by atoms with Crippen LogP contribution in [0.15, 0.2) is 36.8 Å². The van der Waals surface area contributed by atoms with Crippen molar-refractivity contribution >= 4 is 47.3 Å². The number of carbonyl (C=O) groups excluding carboxylic acids is 7. The third-order valence-corrected chi connectivity index (χ3v) is 8.55. The smallest absolute Gasteiger partial charge is 0.328 e. The maximum atomic E-state index is 13.7. The van der Waals surface area contributed by atoms with E-state index in [1.807, 2.05) is 0 Å². The van der Waals surface area contributed by atoms with Crippen molar-refractivity contribution in [2.45, 2.75) is 95.4 Å². The number of aromatic hydroxyl groups is 1. The Balaban J connectivity index is 2.12. The fraction of sp³-hybridized carbons (Fsp3) is 0.528. The lowest BCUT2D eigenvalue weighted by molar-refractivity contribution is -0.143. The first-order valence-electron chi connectivity index (χ1n) is 18.5. The number of aromatic amines is 1. The molecule has 23 heteroatoms. The number of rotatable bonds is 24. The van der Waals surface area contributed by atoms with Crippen LogP contribution in [-0.2, 0) is 51.2 Å². The molecule has 0 fully saturated rings. The average molecular weight is 835 g/mol. The molecule has 0 unspecified atom stereocenters. The number of aromatic nitrogens is 2. The number of amides is 7. The molecule has 7 amide bonds. The van der Waals surface area contributed by atoms with Gasteiger partial charge in [0, 0.05) is 18.3 Å². The Kier molecular flexibility index (Phi) is 19.9. The molecule has 0 bridgehead atoms. The van der Waals surface area contributed by atoms with Gasteiger partial charge in [-0.3, -0.25) is 33.6 Å². The maximum Gasteiger partial charge on any atom is 0.328 e. The summed E-state index contributed by atoms with van der Waals surface area (Å²) in [5.74, 6) is -8.16. The lowest BCUT2D eigenvalue weighted by Crippen LogP contribution is -2.61. The molecule has 0 saturated carbocycles. The second-order valence-corrected chi connectivity index (χ2v) is 14.1. The van der Waals surface area contributed by atoms with E-state index in [0.29, 0.717) is 11.3 Å². The summed E-state index contributed by atoms with van der Waals surface area (Å²) >= 11 is 0. The Bertz CT molecular complexity index is 1740. The quantitative estimate of drug-likeness (QED) is 0.0470. The van der Waals surface area contributed by atoms with Crippen molar-refractivity contribution in [3.63, 3.8) is 0 Å². The van der Waals surface area contributed by atoms with E-state index in [1.165, 1.54) is 31.6 Å². The molecule has 1 aromatic heterocycles. The summed E-state index contributed by atoms with van der Waals surface area (Å²) in [6.07, 6.45) is 1.02. The van der Waals surface area contributed by atoms with Gasteiger partial charge in [-0.05, 0) is 50.3 Å². The zero-order chi connectivity index (χ0) is 44.4.